The molecule has 0 bridgehead atoms. The predicted molar refractivity (Wildman–Crippen MR) is 147 cm³/mol. The SMILES string of the molecule is CCOC(=O)N1CCN(C(=O)C(CCC(=O)O)NC(=O)c2cc(NC(=O)C3CCC3)nc(-c3ccccc3)n2)CC1. The van der Waals surface area contributed by atoms with Gasteiger partial charge in [0.2, 0.25) is 11.8 Å². The van der Waals surface area contributed by atoms with E-state index in [1.54, 1.807) is 31.2 Å². The maximum Gasteiger partial charge on any atom is 0.409 e. The second-order valence-corrected chi connectivity index (χ2v) is 9.91. The first kappa shape index (κ1) is 29.4. The van der Waals surface area contributed by atoms with Gasteiger partial charge in [-0.05, 0) is 26.2 Å². The number of hydrogen-bond acceptors (Lipinski definition) is 8. The standard InChI is InChI=1S/C28H34N6O7/c1-2-41-28(40)34-15-13-33(14-16-34)27(39)20(11-12-23(35)36)30-26(38)21-17-22(32-25(37)19-9-6-10-19)31-24(29-21)18-7-4-3-5-8-18/h3-5,7-8,17,19-20H,2,6,9-16H2,1H3,(H,30,38)(H,35,36)(H,29,31,32,37). The van der Waals surface area contributed by atoms with Crippen LogP contribution in [0.4, 0.5) is 10.6 Å². The van der Waals surface area contributed by atoms with Gasteiger partial charge in [-0.15, -0.1) is 0 Å². The van der Waals surface area contributed by atoms with Gasteiger partial charge in [0.15, 0.2) is 5.82 Å². The molecule has 0 spiro atoms. The van der Waals surface area contributed by atoms with Gasteiger partial charge >= 0.3 is 12.1 Å². The summed E-state index contributed by atoms with van der Waals surface area (Å²) in [6, 6.07) is 9.14. The number of carbonyl (C=O) groups is 5. The summed E-state index contributed by atoms with van der Waals surface area (Å²) in [4.78, 5) is 74.5. The fraction of sp³-hybridized carbons (Fsp3) is 0.464. The van der Waals surface area contributed by atoms with Gasteiger partial charge in [-0.2, -0.15) is 0 Å². The Morgan fingerprint density at radius 2 is 1.71 bits per heavy atom. The van der Waals surface area contributed by atoms with Crippen LogP contribution in [-0.2, 0) is 19.1 Å². The monoisotopic (exact) mass is 566 g/mol. The summed E-state index contributed by atoms with van der Waals surface area (Å²) in [5, 5.41) is 14.7. The smallest absolute Gasteiger partial charge is 0.409 e. The molecule has 1 unspecified atom stereocenters. The molecule has 2 aliphatic rings. The Morgan fingerprint density at radius 3 is 2.32 bits per heavy atom. The van der Waals surface area contributed by atoms with Crippen molar-refractivity contribution in [2.24, 2.45) is 5.92 Å². The van der Waals surface area contributed by atoms with E-state index in [0.29, 0.717) is 5.56 Å². The van der Waals surface area contributed by atoms with Gasteiger partial charge in [0.1, 0.15) is 17.6 Å². The number of aromatic nitrogens is 2. The van der Waals surface area contributed by atoms with Gasteiger partial charge in [0.25, 0.3) is 5.91 Å². The minimum Gasteiger partial charge on any atom is -0.481 e. The highest BCUT2D eigenvalue weighted by molar-refractivity contribution is 5.98. The van der Waals surface area contributed by atoms with Gasteiger partial charge in [-0.25, -0.2) is 14.8 Å². The molecule has 1 saturated carbocycles. The number of ether oxygens (including phenoxy) is 1. The van der Waals surface area contributed by atoms with Crippen molar-refractivity contribution in [3.8, 4) is 11.4 Å². The Hall–Kier alpha value is -4.55. The van der Waals surface area contributed by atoms with Crippen molar-refractivity contribution in [1.82, 2.24) is 25.1 Å². The van der Waals surface area contributed by atoms with E-state index in [1.807, 2.05) is 6.07 Å². The third-order valence-corrected chi connectivity index (χ3v) is 7.09. The Balaban J connectivity index is 1.52. The number of piperazine rings is 1. The zero-order chi connectivity index (χ0) is 29.4. The van der Waals surface area contributed by atoms with E-state index in [-0.39, 0.29) is 74.8 Å². The molecule has 2 aromatic rings. The predicted octanol–water partition coefficient (Wildman–Crippen LogP) is 2.15. The highest BCUT2D eigenvalue weighted by Crippen LogP contribution is 2.28. The Morgan fingerprint density at radius 1 is 1.02 bits per heavy atom. The third kappa shape index (κ3) is 7.77. The van der Waals surface area contributed by atoms with Crippen molar-refractivity contribution >= 4 is 35.6 Å². The zero-order valence-corrected chi connectivity index (χ0v) is 22.9. The molecule has 1 aliphatic carbocycles. The first-order valence-corrected chi connectivity index (χ1v) is 13.7. The topological polar surface area (TPSA) is 171 Å². The number of nitrogens with one attached hydrogen (secondary N) is 2. The summed E-state index contributed by atoms with van der Waals surface area (Å²) in [5.74, 6) is -2.20. The highest BCUT2D eigenvalue weighted by Gasteiger charge is 2.32. The summed E-state index contributed by atoms with van der Waals surface area (Å²) in [6.45, 7) is 2.86. The van der Waals surface area contributed by atoms with Gasteiger partial charge < -0.3 is 30.3 Å². The Bertz CT molecular complexity index is 1280. The number of benzene rings is 1. The number of anilines is 1. The van der Waals surface area contributed by atoms with Crippen molar-refractivity contribution in [1.29, 1.82) is 0 Å². The van der Waals surface area contributed by atoms with Gasteiger partial charge in [0, 0.05) is 50.1 Å². The lowest BCUT2D eigenvalue weighted by Gasteiger charge is -2.35. The van der Waals surface area contributed by atoms with E-state index >= 15 is 0 Å². The number of carbonyl (C=O) groups excluding carboxylic acids is 4. The molecule has 13 nitrogen and oxygen atoms in total. The molecule has 1 aliphatic heterocycles. The molecule has 218 valence electrons. The van der Waals surface area contributed by atoms with E-state index in [4.69, 9.17) is 4.74 Å². The van der Waals surface area contributed by atoms with Crippen LogP contribution in [-0.4, -0.2) is 93.5 Å². The number of hydrogen-bond donors (Lipinski definition) is 3. The normalized spacial score (nSPS) is 15.8. The Kier molecular flexibility index (Phi) is 9.82. The van der Waals surface area contributed by atoms with E-state index < -0.39 is 29.9 Å². The highest BCUT2D eigenvalue weighted by atomic mass is 16.6. The number of aliphatic carboxylic acids is 1. The molecule has 1 aromatic heterocycles. The molecular formula is C28H34N6O7. The average molecular weight is 567 g/mol. The van der Waals surface area contributed by atoms with Crippen molar-refractivity contribution in [3.05, 3.63) is 42.1 Å². The summed E-state index contributed by atoms with van der Waals surface area (Å²) >= 11 is 0. The minimum absolute atomic E-state index is 0.0805. The number of carboxylic acids is 1. The van der Waals surface area contributed by atoms with Crippen molar-refractivity contribution < 1.29 is 33.8 Å². The van der Waals surface area contributed by atoms with Crippen LogP contribution >= 0.6 is 0 Å². The number of nitrogens with zero attached hydrogens (tertiary/aromatic N) is 4. The van der Waals surface area contributed by atoms with Crippen LogP contribution in [0.5, 0.6) is 0 Å². The van der Waals surface area contributed by atoms with Crippen molar-refractivity contribution in [2.45, 2.75) is 45.1 Å². The maximum atomic E-state index is 13.4. The molecular weight excluding hydrogens is 532 g/mol. The number of amides is 4. The third-order valence-electron chi connectivity index (χ3n) is 7.09. The quantitative estimate of drug-likeness (QED) is 0.390. The lowest BCUT2D eigenvalue weighted by atomic mass is 9.85. The summed E-state index contributed by atoms with van der Waals surface area (Å²) < 4.78 is 5.01. The van der Waals surface area contributed by atoms with Crippen molar-refractivity contribution in [2.75, 3.05) is 38.1 Å². The summed E-state index contributed by atoms with van der Waals surface area (Å²) in [7, 11) is 0. The molecule has 2 heterocycles. The van der Waals surface area contributed by atoms with Crippen LogP contribution in [0.1, 0.15) is 49.5 Å². The average Bonchev–Trinajstić information content (AvgIpc) is 2.94. The van der Waals surface area contributed by atoms with E-state index in [9.17, 15) is 29.1 Å². The minimum atomic E-state index is -1.14. The molecule has 1 atom stereocenters. The maximum absolute atomic E-state index is 13.4. The lowest BCUT2D eigenvalue weighted by molar-refractivity contribution is -0.138. The summed E-state index contributed by atoms with van der Waals surface area (Å²) in [5.41, 5.74) is 0.544. The molecule has 1 aromatic carbocycles. The summed E-state index contributed by atoms with van der Waals surface area (Å²) in [6.07, 6.45) is 1.61. The van der Waals surface area contributed by atoms with Crippen LogP contribution in [0.2, 0.25) is 0 Å². The number of carboxylic acid groups (broad SMARTS) is 1. The fourth-order valence-corrected chi connectivity index (χ4v) is 4.54. The van der Waals surface area contributed by atoms with E-state index in [2.05, 4.69) is 20.6 Å². The largest absolute Gasteiger partial charge is 0.481 e. The van der Waals surface area contributed by atoms with Gasteiger partial charge in [0.05, 0.1) is 6.61 Å². The van der Waals surface area contributed by atoms with Crippen LogP contribution in [0.25, 0.3) is 11.4 Å². The number of rotatable bonds is 10. The van der Waals surface area contributed by atoms with Crippen molar-refractivity contribution in [3.63, 3.8) is 0 Å². The van der Waals surface area contributed by atoms with Crippen LogP contribution < -0.4 is 10.6 Å². The Labute approximate surface area is 237 Å². The van der Waals surface area contributed by atoms with Gasteiger partial charge in [-0.3, -0.25) is 19.2 Å². The molecule has 0 radical (unpaired) electrons. The molecule has 1 saturated heterocycles. The zero-order valence-electron chi connectivity index (χ0n) is 22.9. The molecule has 2 fully saturated rings. The molecule has 41 heavy (non-hydrogen) atoms. The second-order valence-electron chi connectivity index (χ2n) is 9.91. The van der Waals surface area contributed by atoms with Crippen LogP contribution in [0.3, 0.4) is 0 Å². The molecule has 13 heteroatoms. The molecule has 4 rings (SSSR count). The van der Waals surface area contributed by atoms with E-state index in [0.717, 1.165) is 19.3 Å². The molecule has 3 N–H and O–H groups in total. The molecule has 4 amide bonds. The first-order valence-electron chi connectivity index (χ1n) is 13.7. The van der Waals surface area contributed by atoms with Crippen LogP contribution in [0, 0.1) is 5.92 Å². The second kappa shape index (κ2) is 13.7. The van der Waals surface area contributed by atoms with Crippen LogP contribution in [0.15, 0.2) is 36.4 Å². The fourth-order valence-electron chi connectivity index (χ4n) is 4.54. The van der Waals surface area contributed by atoms with Gasteiger partial charge in [-0.1, -0.05) is 36.8 Å². The first-order chi connectivity index (χ1) is 19.7. The lowest BCUT2D eigenvalue weighted by Crippen LogP contribution is -2.56. The van der Waals surface area contributed by atoms with E-state index in [1.165, 1.54) is 15.9 Å².